The summed E-state index contributed by atoms with van der Waals surface area (Å²) in [5.41, 5.74) is 3.08. The molecule has 3 rings (SSSR count). The molecule has 1 heterocycles. The lowest BCUT2D eigenvalue weighted by molar-refractivity contribution is 0.0697. The van der Waals surface area contributed by atoms with Gasteiger partial charge in [0.15, 0.2) is 0 Å². The van der Waals surface area contributed by atoms with E-state index < -0.39 is 5.97 Å². The molecule has 26 heavy (non-hydrogen) atoms. The van der Waals surface area contributed by atoms with Crippen molar-refractivity contribution in [1.82, 2.24) is 9.97 Å². The van der Waals surface area contributed by atoms with E-state index in [9.17, 15) is 4.79 Å². The van der Waals surface area contributed by atoms with Crippen LogP contribution in [0.15, 0.2) is 60.9 Å². The number of nitrogens with one attached hydrogen (secondary N) is 2. The Morgan fingerprint density at radius 1 is 0.923 bits per heavy atom. The van der Waals surface area contributed by atoms with E-state index in [1.165, 1.54) is 11.9 Å². The van der Waals surface area contributed by atoms with Crippen molar-refractivity contribution < 1.29 is 9.90 Å². The maximum Gasteiger partial charge on any atom is 0.335 e. The SMILES string of the molecule is CC(C)c1ccc(Nc2cc(Nc3cccc(C(=O)O)c3)ncn2)cc1. The van der Waals surface area contributed by atoms with E-state index in [4.69, 9.17) is 5.11 Å². The Morgan fingerprint density at radius 3 is 2.19 bits per heavy atom. The molecule has 0 fully saturated rings. The van der Waals surface area contributed by atoms with Crippen LogP contribution in [0.4, 0.5) is 23.0 Å². The summed E-state index contributed by atoms with van der Waals surface area (Å²) in [5.74, 6) is 0.738. The van der Waals surface area contributed by atoms with Crippen molar-refractivity contribution in [3.63, 3.8) is 0 Å². The molecule has 0 saturated heterocycles. The Hall–Kier alpha value is -3.41. The van der Waals surface area contributed by atoms with Crippen LogP contribution in [0.2, 0.25) is 0 Å². The number of aromatic nitrogens is 2. The van der Waals surface area contributed by atoms with Gasteiger partial charge in [0, 0.05) is 17.4 Å². The molecule has 0 aliphatic carbocycles. The zero-order chi connectivity index (χ0) is 18.5. The fourth-order valence-corrected chi connectivity index (χ4v) is 2.47. The Kier molecular flexibility index (Phi) is 5.12. The van der Waals surface area contributed by atoms with Crippen molar-refractivity contribution in [1.29, 1.82) is 0 Å². The predicted molar refractivity (Wildman–Crippen MR) is 103 cm³/mol. The highest BCUT2D eigenvalue weighted by Crippen LogP contribution is 2.22. The number of carbonyl (C=O) groups is 1. The lowest BCUT2D eigenvalue weighted by Gasteiger charge is -2.10. The van der Waals surface area contributed by atoms with Crippen LogP contribution in [0, 0.1) is 0 Å². The maximum atomic E-state index is 11.1. The van der Waals surface area contributed by atoms with Gasteiger partial charge in [-0.3, -0.25) is 0 Å². The lowest BCUT2D eigenvalue weighted by atomic mass is 10.0. The molecule has 132 valence electrons. The van der Waals surface area contributed by atoms with Gasteiger partial charge in [0.1, 0.15) is 18.0 Å². The minimum absolute atomic E-state index is 0.215. The monoisotopic (exact) mass is 348 g/mol. The van der Waals surface area contributed by atoms with Crippen LogP contribution in [-0.2, 0) is 0 Å². The zero-order valence-electron chi connectivity index (χ0n) is 14.6. The standard InChI is InChI=1S/C20H20N4O2/c1-13(2)14-6-8-16(9-7-14)23-18-11-19(22-12-21-18)24-17-5-3-4-15(10-17)20(25)26/h3-13H,1-2H3,(H,25,26)(H2,21,22,23,24). The number of benzene rings is 2. The summed E-state index contributed by atoms with van der Waals surface area (Å²) in [4.78, 5) is 19.5. The summed E-state index contributed by atoms with van der Waals surface area (Å²) in [6.07, 6.45) is 1.45. The Bertz CT molecular complexity index is 908. The van der Waals surface area contributed by atoms with Crippen molar-refractivity contribution in [3.05, 3.63) is 72.1 Å². The molecule has 0 aliphatic rings. The first-order valence-corrected chi connectivity index (χ1v) is 8.30. The van der Waals surface area contributed by atoms with Gasteiger partial charge in [0.25, 0.3) is 0 Å². The quantitative estimate of drug-likeness (QED) is 0.594. The second-order valence-corrected chi connectivity index (χ2v) is 6.20. The summed E-state index contributed by atoms with van der Waals surface area (Å²) in [6.45, 7) is 4.31. The van der Waals surface area contributed by atoms with E-state index in [0.717, 1.165) is 5.69 Å². The van der Waals surface area contributed by atoms with E-state index in [2.05, 4.69) is 46.6 Å². The van der Waals surface area contributed by atoms with E-state index in [0.29, 0.717) is 23.2 Å². The number of carboxylic acids is 1. The smallest absolute Gasteiger partial charge is 0.335 e. The highest BCUT2D eigenvalue weighted by molar-refractivity contribution is 5.89. The van der Waals surface area contributed by atoms with Gasteiger partial charge in [-0.1, -0.05) is 32.0 Å². The van der Waals surface area contributed by atoms with Gasteiger partial charge in [-0.05, 0) is 41.8 Å². The van der Waals surface area contributed by atoms with Gasteiger partial charge in [-0.15, -0.1) is 0 Å². The number of nitrogens with zero attached hydrogens (tertiary/aromatic N) is 2. The van der Waals surface area contributed by atoms with Gasteiger partial charge in [0.05, 0.1) is 5.56 Å². The average Bonchev–Trinajstić information content (AvgIpc) is 2.62. The largest absolute Gasteiger partial charge is 0.478 e. The van der Waals surface area contributed by atoms with Crippen molar-refractivity contribution in [2.75, 3.05) is 10.6 Å². The van der Waals surface area contributed by atoms with Crippen LogP contribution in [0.5, 0.6) is 0 Å². The molecule has 6 heteroatoms. The molecule has 0 spiro atoms. The van der Waals surface area contributed by atoms with E-state index >= 15 is 0 Å². The molecule has 0 unspecified atom stereocenters. The van der Waals surface area contributed by atoms with Crippen molar-refractivity contribution in [3.8, 4) is 0 Å². The Labute approximate surface area is 152 Å². The molecule has 6 nitrogen and oxygen atoms in total. The third kappa shape index (κ3) is 4.36. The van der Waals surface area contributed by atoms with Crippen molar-refractivity contribution in [2.45, 2.75) is 19.8 Å². The number of carboxylic acid groups (broad SMARTS) is 1. The molecular formula is C20H20N4O2. The molecule has 1 aromatic heterocycles. The second-order valence-electron chi connectivity index (χ2n) is 6.20. The van der Waals surface area contributed by atoms with Gasteiger partial charge in [-0.25, -0.2) is 14.8 Å². The topological polar surface area (TPSA) is 87.1 Å². The Morgan fingerprint density at radius 2 is 1.58 bits per heavy atom. The molecular weight excluding hydrogens is 328 g/mol. The zero-order valence-corrected chi connectivity index (χ0v) is 14.6. The summed E-state index contributed by atoms with van der Waals surface area (Å²) < 4.78 is 0. The molecule has 2 aromatic carbocycles. The number of hydrogen-bond donors (Lipinski definition) is 3. The third-order valence-electron chi connectivity index (χ3n) is 3.90. The number of aromatic carboxylic acids is 1. The van der Waals surface area contributed by atoms with Crippen LogP contribution in [-0.4, -0.2) is 21.0 Å². The van der Waals surface area contributed by atoms with Gasteiger partial charge >= 0.3 is 5.97 Å². The molecule has 0 bridgehead atoms. The average molecular weight is 348 g/mol. The van der Waals surface area contributed by atoms with Gasteiger partial charge in [0.2, 0.25) is 0 Å². The minimum atomic E-state index is -0.969. The summed E-state index contributed by atoms with van der Waals surface area (Å²) in [5, 5.41) is 15.4. The van der Waals surface area contributed by atoms with Gasteiger partial charge < -0.3 is 15.7 Å². The van der Waals surface area contributed by atoms with E-state index in [-0.39, 0.29) is 5.56 Å². The molecule has 0 atom stereocenters. The van der Waals surface area contributed by atoms with E-state index in [1.807, 2.05) is 12.1 Å². The van der Waals surface area contributed by atoms with Crippen molar-refractivity contribution in [2.24, 2.45) is 0 Å². The Balaban J connectivity index is 1.74. The van der Waals surface area contributed by atoms with Crippen LogP contribution in [0.3, 0.4) is 0 Å². The van der Waals surface area contributed by atoms with Crippen LogP contribution in [0.25, 0.3) is 0 Å². The third-order valence-corrected chi connectivity index (χ3v) is 3.90. The van der Waals surface area contributed by atoms with Crippen molar-refractivity contribution >= 4 is 29.0 Å². The molecule has 0 aliphatic heterocycles. The second kappa shape index (κ2) is 7.65. The fourth-order valence-electron chi connectivity index (χ4n) is 2.47. The first-order chi connectivity index (χ1) is 12.5. The summed E-state index contributed by atoms with van der Waals surface area (Å²) in [6, 6.07) is 16.5. The number of anilines is 4. The maximum absolute atomic E-state index is 11.1. The highest BCUT2D eigenvalue weighted by atomic mass is 16.4. The molecule has 3 aromatic rings. The normalized spacial score (nSPS) is 10.6. The van der Waals surface area contributed by atoms with Gasteiger partial charge in [-0.2, -0.15) is 0 Å². The molecule has 0 radical (unpaired) electrons. The van der Waals surface area contributed by atoms with Crippen LogP contribution >= 0.6 is 0 Å². The number of hydrogen-bond acceptors (Lipinski definition) is 5. The van der Waals surface area contributed by atoms with Crippen LogP contribution < -0.4 is 10.6 Å². The summed E-state index contributed by atoms with van der Waals surface area (Å²) >= 11 is 0. The summed E-state index contributed by atoms with van der Waals surface area (Å²) in [7, 11) is 0. The number of rotatable bonds is 6. The van der Waals surface area contributed by atoms with E-state index in [1.54, 1.807) is 30.3 Å². The first kappa shape index (κ1) is 17.4. The molecule has 0 saturated carbocycles. The highest BCUT2D eigenvalue weighted by Gasteiger charge is 2.05. The molecule has 3 N–H and O–H groups in total. The molecule has 0 amide bonds. The first-order valence-electron chi connectivity index (χ1n) is 8.30. The fraction of sp³-hybridized carbons (Fsp3) is 0.150. The predicted octanol–water partition coefficient (Wildman–Crippen LogP) is 4.79. The minimum Gasteiger partial charge on any atom is -0.478 e. The lowest BCUT2D eigenvalue weighted by Crippen LogP contribution is -2.00. The van der Waals surface area contributed by atoms with Crippen LogP contribution in [0.1, 0.15) is 35.7 Å².